The molecule has 0 spiro atoms. The molecule has 0 radical (unpaired) electrons. The molecule has 4 aromatic rings. The number of hydrogen-bond donors (Lipinski definition) is 0. The molecule has 0 N–H and O–H groups in total. The highest BCUT2D eigenvalue weighted by Crippen LogP contribution is 2.29. The summed E-state index contributed by atoms with van der Waals surface area (Å²) in [4.78, 5) is 9.06. The molecule has 0 saturated carbocycles. The molecule has 0 aliphatic carbocycles. The van der Waals surface area contributed by atoms with Gasteiger partial charge in [0.05, 0.1) is 5.69 Å². The molecule has 1 heterocycles. The summed E-state index contributed by atoms with van der Waals surface area (Å²) in [5, 5.41) is 1.13. The average Bonchev–Trinajstić information content (AvgIpc) is 2.68. The van der Waals surface area contributed by atoms with Crippen molar-refractivity contribution in [3.63, 3.8) is 0 Å². The third-order valence-electron chi connectivity index (χ3n) is 4.04. The van der Waals surface area contributed by atoms with Gasteiger partial charge in [0.15, 0.2) is 5.82 Å². The summed E-state index contributed by atoms with van der Waals surface area (Å²) in [5.41, 5.74) is 4.82. The molecule has 0 bridgehead atoms. The van der Waals surface area contributed by atoms with E-state index in [0.29, 0.717) is 16.0 Å². The highest BCUT2D eigenvalue weighted by molar-refractivity contribution is 6.31. The largest absolute Gasteiger partial charge is 0.228 e. The Hall–Kier alpha value is -2.68. The van der Waals surface area contributed by atoms with Gasteiger partial charge in [0.25, 0.3) is 0 Å². The van der Waals surface area contributed by atoms with E-state index in [-0.39, 0.29) is 0 Å². The van der Waals surface area contributed by atoms with Crippen molar-refractivity contribution in [3.05, 3.63) is 95.1 Å². The minimum absolute atomic E-state index is 0.419. The van der Waals surface area contributed by atoms with E-state index < -0.39 is 0 Å². The Bertz CT molecular complexity index is 1060. The molecule has 3 aromatic carbocycles. The molecule has 0 aliphatic heterocycles. The molecule has 4 heteroatoms. The Morgan fingerprint density at radius 1 is 0.538 bits per heavy atom. The van der Waals surface area contributed by atoms with Crippen LogP contribution in [0.4, 0.5) is 0 Å². The van der Waals surface area contributed by atoms with E-state index in [1.165, 1.54) is 0 Å². The van der Waals surface area contributed by atoms with Gasteiger partial charge in [0, 0.05) is 22.2 Å². The van der Waals surface area contributed by atoms with Gasteiger partial charge in [-0.2, -0.15) is 0 Å². The predicted octanol–water partition coefficient (Wildman–Crippen LogP) is 6.78. The zero-order valence-corrected chi connectivity index (χ0v) is 15.2. The number of rotatable bonds is 3. The van der Waals surface area contributed by atoms with E-state index in [1.54, 1.807) is 6.07 Å². The Labute approximate surface area is 162 Å². The Morgan fingerprint density at radius 3 is 1.96 bits per heavy atom. The van der Waals surface area contributed by atoms with E-state index in [4.69, 9.17) is 28.2 Å². The second-order valence-corrected chi connectivity index (χ2v) is 6.68. The van der Waals surface area contributed by atoms with Crippen molar-refractivity contribution in [2.24, 2.45) is 0 Å². The minimum Gasteiger partial charge on any atom is -0.228 e. The normalized spacial score (nSPS) is 10.7. The lowest BCUT2D eigenvalue weighted by Gasteiger charge is -2.08. The van der Waals surface area contributed by atoms with Gasteiger partial charge < -0.3 is 0 Å². The number of nitrogens with zero attached hydrogens (tertiary/aromatic N) is 2. The minimum atomic E-state index is 0.419. The Balaban J connectivity index is 1.79. The van der Waals surface area contributed by atoms with E-state index in [0.717, 1.165) is 27.9 Å². The summed E-state index contributed by atoms with van der Waals surface area (Å²) in [7, 11) is 0. The average molecular weight is 377 g/mol. The van der Waals surface area contributed by atoms with Crippen LogP contribution in [0.5, 0.6) is 0 Å². The van der Waals surface area contributed by atoms with Crippen molar-refractivity contribution in [2.45, 2.75) is 0 Å². The van der Waals surface area contributed by atoms with Gasteiger partial charge >= 0.3 is 0 Å². The zero-order chi connectivity index (χ0) is 17.9. The van der Waals surface area contributed by atoms with E-state index >= 15 is 0 Å². The van der Waals surface area contributed by atoms with E-state index in [1.807, 2.05) is 66.7 Å². The van der Waals surface area contributed by atoms with Gasteiger partial charge in [-0.15, -0.1) is 0 Å². The first-order chi connectivity index (χ1) is 12.7. The standard InChI is InChI=1S/C22H14Cl2N2/c23-19-11-5-9-17(13-19)16-8-4-10-18(12-16)20-14-21(24)26-22(25-20)15-6-2-1-3-7-15/h1-14H. The summed E-state index contributed by atoms with van der Waals surface area (Å²) in [6.07, 6.45) is 0. The highest BCUT2D eigenvalue weighted by Gasteiger charge is 2.09. The molecular weight excluding hydrogens is 363 g/mol. The predicted molar refractivity (Wildman–Crippen MR) is 108 cm³/mol. The quantitative estimate of drug-likeness (QED) is 0.368. The third kappa shape index (κ3) is 3.62. The maximum absolute atomic E-state index is 6.26. The van der Waals surface area contributed by atoms with E-state index in [2.05, 4.69) is 17.1 Å². The SMILES string of the molecule is Clc1cccc(-c2cccc(-c3cc(Cl)nc(-c4ccccc4)n3)c2)c1. The Morgan fingerprint density at radius 2 is 1.19 bits per heavy atom. The van der Waals surface area contributed by atoms with E-state index in [9.17, 15) is 0 Å². The van der Waals surface area contributed by atoms with Gasteiger partial charge in [0.1, 0.15) is 5.15 Å². The molecule has 0 unspecified atom stereocenters. The molecule has 2 nitrogen and oxygen atoms in total. The third-order valence-corrected chi connectivity index (χ3v) is 4.47. The van der Waals surface area contributed by atoms with Crippen molar-refractivity contribution < 1.29 is 0 Å². The molecule has 126 valence electrons. The summed E-state index contributed by atoms with van der Waals surface area (Å²) in [5.74, 6) is 0.612. The first-order valence-electron chi connectivity index (χ1n) is 8.15. The van der Waals surface area contributed by atoms with Crippen molar-refractivity contribution in [3.8, 4) is 33.8 Å². The summed E-state index contributed by atoms with van der Waals surface area (Å²) in [6.45, 7) is 0. The summed E-state index contributed by atoms with van der Waals surface area (Å²) in [6, 6.07) is 27.5. The van der Waals surface area contributed by atoms with Crippen LogP contribution < -0.4 is 0 Å². The first kappa shape index (κ1) is 16.8. The lowest BCUT2D eigenvalue weighted by atomic mass is 10.0. The number of aromatic nitrogens is 2. The summed E-state index contributed by atoms with van der Waals surface area (Å²) < 4.78 is 0. The van der Waals surface area contributed by atoms with Crippen molar-refractivity contribution in [2.75, 3.05) is 0 Å². The van der Waals surface area contributed by atoms with Gasteiger partial charge in [-0.3, -0.25) is 0 Å². The number of halogens is 2. The molecule has 0 fully saturated rings. The molecule has 1 aromatic heterocycles. The van der Waals surface area contributed by atoms with Crippen LogP contribution in [0.2, 0.25) is 10.2 Å². The van der Waals surface area contributed by atoms with Crippen LogP contribution in [0.3, 0.4) is 0 Å². The van der Waals surface area contributed by atoms with Gasteiger partial charge in [-0.25, -0.2) is 9.97 Å². The Kier molecular flexibility index (Phi) is 4.70. The second kappa shape index (κ2) is 7.28. The molecule has 0 aliphatic rings. The number of benzene rings is 3. The van der Waals surface area contributed by atoms with Crippen molar-refractivity contribution in [1.82, 2.24) is 9.97 Å². The molecule has 26 heavy (non-hydrogen) atoms. The van der Waals surface area contributed by atoms with Crippen LogP contribution in [0.1, 0.15) is 0 Å². The van der Waals surface area contributed by atoms with Gasteiger partial charge in [-0.1, -0.05) is 83.9 Å². The zero-order valence-electron chi connectivity index (χ0n) is 13.7. The fourth-order valence-corrected chi connectivity index (χ4v) is 3.18. The van der Waals surface area contributed by atoms with Crippen LogP contribution >= 0.6 is 23.2 Å². The van der Waals surface area contributed by atoms with Crippen LogP contribution in [0.25, 0.3) is 33.8 Å². The fraction of sp³-hybridized carbons (Fsp3) is 0. The van der Waals surface area contributed by atoms with Gasteiger partial charge in [0.2, 0.25) is 0 Å². The maximum Gasteiger partial charge on any atom is 0.161 e. The van der Waals surface area contributed by atoms with Crippen LogP contribution in [-0.2, 0) is 0 Å². The van der Waals surface area contributed by atoms with Crippen LogP contribution in [0.15, 0.2) is 84.9 Å². The molecule has 4 rings (SSSR count). The molecule has 0 saturated heterocycles. The second-order valence-electron chi connectivity index (χ2n) is 5.86. The van der Waals surface area contributed by atoms with Gasteiger partial charge in [-0.05, 0) is 29.3 Å². The lowest BCUT2D eigenvalue weighted by molar-refractivity contribution is 1.18. The molecule has 0 amide bonds. The van der Waals surface area contributed by atoms with Crippen molar-refractivity contribution in [1.29, 1.82) is 0 Å². The maximum atomic E-state index is 6.26. The fourth-order valence-electron chi connectivity index (χ4n) is 2.81. The van der Waals surface area contributed by atoms with Crippen LogP contribution in [-0.4, -0.2) is 9.97 Å². The topological polar surface area (TPSA) is 25.8 Å². The first-order valence-corrected chi connectivity index (χ1v) is 8.91. The molecule has 0 atom stereocenters. The lowest BCUT2D eigenvalue weighted by Crippen LogP contribution is -1.93. The highest BCUT2D eigenvalue weighted by atomic mass is 35.5. The monoisotopic (exact) mass is 376 g/mol. The molecular formula is C22H14Cl2N2. The smallest absolute Gasteiger partial charge is 0.161 e. The van der Waals surface area contributed by atoms with Crippen molar-refractivity contribution >= 4 is 23.2 Å². The number of hydrogen-bond acceptors (Lipinski definition) is 2. The summed E-state index contributed by atoms with van der Waals surface area (Å²) >= 11 is 12.4. The van der Waals surface area contributed by atoms with Crippen LogP contribution in [0, 0.1) is 0 Å².